The normalized spacial score (nSPS) is 14.8. The summed E-state index contributed by atoms with van der Waals surface area (Å²) >= 11 is 0. The summed E-state index contributed by atoms with van der Waals surface area (Å²) in [4.78, 5) is 19.4. The number of ether oxygens (including phenoxy) is 2. The molecule has 1 saturated heterocycles. The fourth-order valence-corrected chi connectivity index (χ4v) is 3.89. The van der Waals surface area contributed by atoms with Crippen molar-refractivity contribution in [1.82, 2.24) is 24.8 Å². The highest BCUT2D eigenvalue weighted by Gasteiger charge is 2.19. The molecule has 3 heterocycles. The number of hydrogen-bond donors (Lipinski definition) is 1. The first-order valence-electron chi connectivity index (χ1n) is 10.7. The smallest absolute Gasteiger partial charge is 0.257 e. The van der Waals surface area contributed by atoms with Crippen molar-refractivity contribution >= 4 is 11.6 Å². The van der Waals surface area contributed by atoms with Crippen LogP contribution < -0.4 is 10.1 Å². The number of hydrogen-bond acceptors (Lipinski definition) is 6. The molecule has 1 aromatic carbocycles. The second-order valence-corrected chi connectivity index (χ2v) is 7.85. The average molecular weight is 424 g/mol. The molecular weight excluding hydrogens is 394 g/mol. The van der Waals surface area contributed by atoms with Gasteiger partial charge in [0.2, 0.25) is 0 Å². The zero-order valence-electron chi connectivity index (χ0n) is 18.1. The van der Waals surface area contributed by atoms with Crippen LogP contribution >= 0.6 is 0 Å². The molecule has 0 aliphatic carbocycles. The van der Waals surface area contributed by atoms with Gasteiger partial charge in [-0.15, -0.1) is 0 Å². The third-order valence-corrected chi connectivity index (χ3v) is 5.68. The summed E-state index contributed by atoms with van der Waals surface area (Å²) in [6.07, 6.45) is 5.60. The second-order valence-electron chi connectivity index (χ2n) is 7.85. The van der Waals surface area contributed by atoms with Gasteiger partial charge in [-0.2, -0.15) is 5.10 Å². The molecule has 1 aliphatic heterocycles. The summed E-state index contributed by atoms with van der Waals surface area (Å²) in [6, 6.07) is 10.2. The minimum absolute atomic E-state index is 0.185. The van der Waals surface area contributed by atoms with Gasteiger partial charge in [-0.1, -0.05) is 12.1 Å². The van der Waals surface area contributed by atoms with Gasteiger partial charge < -0.3 is 14.8 Å². The Morgan fingerprint density at radius 3 is 3.00 bits per heavy atom. The van der Waals surface area contributed by atoms with E-state index in [1.54, 1.807) is 23.0 Å². The van der Waals surface area contributed by atoms with E-state index in [1.165, 1.54) is 0 Å². The summed E-state index contributed by atoms with van der Waals surface area (Å²) in [5.74, 6) is 0.622. The molecule has 1 N–H and O–H groups in total. The van der Waals surface area contributed by atoms with Crippen LogP contribution in [0.1, 0.15) is 34.5 Å². The molecule has 164 valence electrons. The number of nitrogens with one attached hydrogen (secondary N) is 1. The van der Waals surface area contributed by atoms with Crippen LogP contribution in [0.5, 0.6) is 5.75 Å². The second kappa shape index (κ2) is 9.89. The first-order valence-corrected chi connectivity index (χ1v) is 10.7. The summed E-state index contributed by atoms with van der Waals surface area (Å²) in [5, 5.41) is 7.32. The maximum Gasteiger partial charge on any atom is 0.257 e. The number of rotatable bonds is 8. The highest BCUT2D eigenvalue weighted by atomic mass is 16.5. The summed E-state index contributed by atoms with van der Waals surface area (Å²) in [5.41, 5.74) is 2.69. The topological polar surface area (TPSA) is 81.0 Å². The van der Waals surface area contributed by atoms with Gasteiger partial charge in [-0.3, -0.25) is 9.69 Å². The predicted molar refractivity (Wildman–Crippen MR) is 117 cm³/mol. The van der Waals surface area contributed by atoms with Crippen LogP contribution in [0, 0.1) is 6.92 Å². The lowest BCUT2D eigenvalue weighted by molar-refractivity contribution is 0.0392. The summed E-state index contributed by atoms with van der Waals surface area (Å²) in [6.45, 7) is 5.39. The largest absolute Gasteiger partial charge is 0.492 e. The maximum absolute atomic E-state index is 12.7. The van der Waals surface area contributed by atoms with Gasteiger partial charge in [0.1, 0.15) is 17.9 Å². The Hall–Kier alpha value is -2.97. The molecular formula is C23H29N5O3. The lowest BCUT2D eigenvalue weighted by Gasteiger charge is -2.31. The molecule has 0 saturated carbocycles. The van der Waals surface area contributed by atoms with E-state index in [0.717, 1.165) is 43.9 Å². The highest BCUT2D eigenvalue weighted by molar-refractivity contribution is 6.00. The van der Waals surface area contributed by atoms with E-state index >= 15 is 0 Å². The van der Waals surface area contributed by atoms with Gasteiger partial charge in [0, 0.05) is 44.7 Å². The van der Waals surface area contributed by atoms with Crippen molar-refractivity contribution in [2.24, 2.45) is 0 Å². The maximum atomic E-state index is 12.7. The molecule has 1 amide bonds. The number of carbonyl (C=O) groups excluding carboxylic acids is 1. The van der Waals surface area contributed by atoms with Crippen LogP contribution in [0.15, 0.2) is 42.7 Å². The number of aryl methyl sites for hydroxylation is 1. The van der Waals surface area contributed by atoms with Crippen molar-refractivity contribution < 1.29 is 14.3 Å². The zero-order valence-corrected chi connectivity index (χ0v) is 18.1. The van der Waals surface area contributed by atoms with E-state index in [4.69, 9.17) is 9.47 Å². The third kappa shape index (κ3) is 5.21. The first kappa shape index (κ1) is 21.3. The van der Waals surface area contributed by atoms with Crippen LogP contribution in [0.3, 0.4) is 0 Å². The number of aromatic nitrogens is 3. The SMILES string of the molecule is Cc1nn2cccnc2c1C(=O)NCc1cccc(OCCN(C)C2CCOCC2)c1. The molecule has 0 bridgehead atoms. The lowest BCUT2D eigenvalue weighted by Crippen LogP contribution is -2.38. The Kier molecular flexibility index (Phi) is 6.79. The molecule has 8 nitrogen and oxygen atoms in total. The number of nitrogens with zero attached hydrogens (tertiary/aromatic N) is 4. The van der Waals surface area contributed by atoms with Crippen LogP contribution in [-0.2, 0) is 11.3 Å². The van der Waals surface area contributed by atoms with Gasteiger partial charge in [-0.05, 0) is 50.6 Å². The standard InChI is InChI=1S/C23H29N5O3/c1-17-21(22-24-9-4-10-28(22)26-17)23(29)25-16-18-5-3-6-20(15-18)31-14-11-27(2)19-7-12-30-13-8-19/h3-6,9-10,15,19H,7-8,11-14,16H2,1-2H3,(H,25,29). The minimum Gasteiger partial charge on any atom is -0.492 e. The van der Waals surface area contributed by atoms with Crippen LogP contribution in [0.25, 0.3) is 5.65 Å². The van der Waals surface area contributed by atoms with Crippen molar-refractivity contribution in [3.8, 4) is 5.75 Å². The molecule has 1 fully saturated rings. The molecule has 0 unspecified atom stereocenters. The Bertz CT molecular complexity index is 1030. The quantitative estimate of drug-likeness (QED) is 0.600. The van der Waals surface area contributed by atoms with Gasteiger partial charge >= 0.3 is 0 Å². The van der Waals surface area contributed by atoms with E-state index in [2.05, 4.69) is 27.3 Å². The highest BCUT2D eigenvalue weighted by Crippen LogP contribution is 2.16. The molecule has 0 radical (unpaired) electrons. The average Bonchev–Trinajstić information content (AvgIpc) is 3.14. The Balaban J connectivity index is 1.30. The molecule has 1 aliphatic rings. The van der Waals surface area contributed by atoms with Gasteiger partial charge in [0.15, 0.2) is 5.65 Å². The fraction of sp³-hybridized carbons (Fsp3) is 0.435. The van der Waals surface area contributed by atoms with E-state index in [1.807, 2.05) is 31.2 Å². The Morgan fingerprint density at radius 1 is 1.32 bits per heavy atom. The summed E-state index contributed by atoms with van der Waals surface area (Å²) in [7, 11) is 2.14. The molecule has 0 atom stereocenters. The Morgan fingerprint density at radius 2 is 2.16 bits per heavy atom. The van der Waals surface area contributed by atoms with Crippen molar-refractivity contribution in [1.29, 1.82) is 0 Å². The lowest BCUT2D eigenvalue weighted by atomic mass is 10.1. The zero-order chi connectivity index (χ0) is 21.6. The minimum atomic E-state index is -0.185. The van der Waals surface area contributed by atoms with E-state index in [-0.39, 0.29) is 5.91 Å². The van der Waals surface area contributed by atoms with Gasteiger partial charge in [0.25, 0.3) is 5.91 Å². The Labute approximate surface area is 182 Å². The van der Waals surface area contributed by atoms with Crippen LogP contribution in [0.4, 0.5) is 0 Å². The first-order chi connectivity index (χ1) is 15.1. The molecule has 31 heavy (non-hydrogen) atoms. The van der Waals surface area contributed by atoms with Crippen LogP contribution in [-0.4, -0.2) is 64.9 Å². The van der Waals surface area contributed by atoms with Crippen LogP contribution in [0.2, 0.25) is 0 Å². The van der Waals surface area contributed by atoms with E-state index < -0.39 is 0 Å². The molecule has 2 aromatic heterocycles. The number of benzene rings is 1. The number of carbonyl (C=O) groups is 1. The third-order valence-electron chi connectivity index (χ3n) is 5.68. The van der Waals surface area contributed by atoms with E-state index in [0.29, 0.717) is 36.1 Å². The molecule has 0 spiro atoms. The van der Waals surface area contributed by atoms with Crippen molar-refractivity contribution in [2.45, 2.75) is 32.4 Å². The molecule has 3 aromatic rings. The van der Waals surface area contributed by atoms with E-state index in [9.17, 15) is 4.79 Å². The van der Waals surface area contributed by atoms with Crippen molar-refractivity contribution in [3.63, 3.8) is 0 Å². The van der Waals surface area contributed by atoms with Crippen molar-refractivity contribution in [3.05, 3.63) is 59.5 Å². The monoisotopic (exact) mass is 423 g/mol. The number of amides is 1. The van der Waals surface area contributed by atoms with Gasteiger partial charge in [-0.25, -0.2) is 9.50 Å². The predicted octanol–water partition coefficient (Wildman–Crippen LogP) is 2.46. The fourth-order valence-electron chi connectivity index (χ4n) is 3.89. The molecule has 4 rings (SSSR count). The number of fused-ring (bicyclic) bond motifs is 1. The van der Waals surface area contributed by atoms with Crippen molar-refractivity contribution in [2.75, 3.05) is 33.4 Å². The summed E-state index contributed by atoms with van der Waals surface area (Å²) < 4.78 is 13.0. The molecule has 8 heteroatoms. The van der Waals surface area contributed by atoms with Gasteiger partial charge in [0.05, 0.1) is 5.69 Å². The number of likely N-dealkylation sites (N-methyl/N-ethyl adjacent to an activating group) is 1.